The van der Waals surface area contributed by atoms with E-state index in [1.54, 1.807) is 12.5 Å². The summed E-state index contributed by atoms with van der Waals surface area (Å²) in [5, 5.41) is 4.47. The van der Waals surface area contributed by atoms with Crippen molar-refractivity contribution in [2.24, 2.45) is 5.92 Å². The summed E-state index contributed by atoms with van der Waals surface area (Å²) in [6, 6.07) is 4.13. The molecule has 1 N–H and O–H groups in total. The predicted molar refractivity (Wildman–Crippen MR) is 71.6 cm³/mol. The van der Waals surface area contributed by atoms with Crippen LogP contribution >= 0.6 is 11.6 Å². The first-order valence-electron chi connectivity index (χ1n) is 5.87. The molecule has 0 aliphatic carbocycles. The van der Waals surface area contributed by atoms with Gasteiger partial charge in [-0.15, -0.1) is 11.6 Å². The molecule has 1 atom stereocenters. The topological polar surface area (TPSA) is 38.1 Å². The van der Waals surface area contributed by atoms with E-state index in [9.17, 15) is 0 Å². The quantitative estimate of drug-likeness (QED) is 0.821. The molecule has 0 fully saturated rings. The zero-order valence-electron chi connectivity index (χ0n) is 10.1. The molecule has 3 nitrogen and oxygen atoms in total. The number of halogens is 1. The van der Waals surface area contributed by atoms with Crippen molar-refractivity contribution in [2.75, 3.05) is 11.2 Å². The number of furan rings is 1. The maximum atomic E-state index is 5.82. The second-order valence-electron chi connectivity index (χ2n) is 4.46. The largest absolute Gasteiger partial charge is 0.464 e. The fraction of sp³-hybridized carbons (Fsp3) is 0.462. The van der Waals surface area contributed by atoms with E-state index in [4.69, 9.17) is 16.0 Å². The summed E-state index contributed by atoms with van der Waals surface area (Å²) >= 11 is 5.82. The van der Waals surface area contributed by atoms with Crippen LogP contribution < -0.4 is 5.32 Å². The van der Waals surface area contributed by atoms with Gasteiger partial charge in [-0.1, -0.05) is 13.8 Å². The average molecular weight is 253 g/mol. The number of anilines is 1. The number of hydrogen-bond acceptors (Lipinski definition) is 3. The first-order chi connectivity index (χ1) is 8.22. The van der Waals surface area contributed by atoms with E-state index in [-0.39, 0.29) is 0 Å². The van der Waals surface area contributed by atoms with Crippen LogP contribution in [0.5, 0.6) is 0 Å². The molecule has 1 unspecified atom stereocenters. The lowest BCUT2D eigenvalue weighted by atomic mass is 10.0. The van der Waals surface area contributed by atoms with Crippen LogP contribution in [-0.4, -0.2) is 16.9 Å². The number of aromatic nitrogens is 1. The first-order valence-corrected chi connectivity index (χ1v) is 6.40. The first kappa shape index (κ1) is 12.2. The van der Waals surface area contributed by atoms with Gasteiger partial charge in [0.1, 0.15) is 11.4 Å². The van der Waals surface area contributed by atoms with Gasteiger partial charge in [0.05, 0.1) is 11.6 Å². The minimum atomic E-state index is 0.334. The Kier molecular flexibility index (Phi) is 3.89. The summed E-state index contributed by atoms with van der Waals surface area (Å²) in [5.74, 6) is 2.04. The Balaban J connectivity index is 2.24. The van der Waals surface area contributed by atoms with E-state index in [1.165, 1.54) is 0 Å². The molecule has 0 spiro atoms. The number of fused-ring (bicyclic) bond motifs is 1. The van der Waals surface area contributed by atoms with Gasteiger partial charge < -0.3 is 9.73 Å². The highest BCUT2D eigenvalue weighted by Crippen LogP contribution is 2.24. The Bertz CT molecular complexity index is 481. The highest BCUT2D eigenvalue weighted by molar-refractivity contribution is 6.17. The minimum Gasteiger partial charge on any atom is -0.464 e. The molecule has 2 rings (SSSR count). The van der Waals surface area contributed by atoms with Crippen LogP contribution in [0.25, 0.3) is 11.0 Å². The maximum absolute atomic E-state index is 5.82. The van der Waals surface area contributed by atoms with Crippen molar-refractivity contribution in [1.29, 1.82) is 0 Å². The van der Waals surface area contributed by atoms with E-state index in [1.807, 2.05) is 12.1 Å². The van der Waals surface area contributed by atoms with Gasteiger partial charge >= 0.3 is 0 Å². The van der Waals surface area contributed by atoms with E-state index < -0.39 is 0 Å². The summed E-state index contributed by atoms with van der Waals surface area (Å²) in [6.07, 6.45) is 4.37. The van der Waals surface area contributed by atoms with Gasteiger partial charge in [0, 0.05) is 18.1 Å². The fourth-order valence-corrected chi connectivity index (χ4v) is 2.11. The standard InChI is InChI=1S/C13H17ClN2O/c1-9(2)11(3-6-14)16-13-10-5-8-17-12(10)4-7-15-13/h4-5,7-9,11H,3,6H2,1-2H3,(H,15,16). The van der Waals surface area contributed by atoms with E-state index >= 15 is 0 Å². The Morgan fingerprint density at radius 2 is 2.24 bits per heavy atom. The summed E-state index contributed by atoms with van der Waals surface area (Å²) in [4.78, 5) is 4.37. The Labute approximate surface area is 106 Å². The third-order valence-electron chi connectivity index (χ3n) is 2.93. The van der Waals surface area contributed by atoms with Gasteiger partial charge in [0.15, 0.2) is 0 Å². The molecule has 0 amide bonds. The van der Waals surface area contributed by atoms with Gasteiger partial charge in [-0.2, -0.15) is 0 Å². The van der Waals surface area contributed by atoms with Gasteiger partial charge in [0.2, 0.25) is 0 Å². The molecular weight excluding hydrogens is 236 g/mol. The zero-order chi connectivity index (χ0) is 12.3. The van der Waals surface area contributed by atoms with Crippen molar-refractivity contribution in [3.05, 3.63) is 24.6 Å². The van der Waals surface area contributed by atoms with E-state index in [2.05, 4.69) is 24.1 Å². The van der Waals surface area contributed by atoms with Crippen molar-refractivity contribution >= 4 is 28.4 Å². The second-order valence-corrected chi connectivity index (χ2v) is 4.84. The Morgan fingerprint density at radius 1 is 1.41 bits per heavy atom. The third kappa shape index (κ3) is 2.72. The smallest absolute Gasteiger partial charge is 0.139 e. The van der Waals surface area contributed by atoms with E-state index in [0.717, 1.165) is 23.2 Å². The lowest BCUT2D eigenvalue weighted by molar-refractivity contribution is 0.512. The molecule has 0 aliphatic heterocycles. The molecule has 17 heavy (non-hydrogen) atoms. The molecule has 0 saturated carbocycles. The summed E-state index contributed by atoms with van der Waals surface area (Å²) in [5.41, 5.74) is 0.857. The highest BCUT2D eigenvalue weighted by atomic mass is 35.5. The van der Waals surface area contributed by atoms with Crippen molar-refractivity contribution in [3.8, 4) is 0 Å². The zero-order valence-corrected chi connectivity index (χ0v) is 10.9. The molecule has 0 aliphatic rings. The molecule has 92 valence electrons. The number of rotatable bonds is 5. The molecule has 0 bridgehead atoms. The van der Waals surface area contributed by atoms with Crippen molar-refractivity contribution in [1.82, 2.24) is 4.98 Å². The average Bonchev–Trinajstić information content (AvgIpc) is 2.77. The van der Waals surface area contributed by atoms with Crippen LogP contribution in [0.1, 0.15) is 20.3 Å². The number of hydrogen-bond donors (Lipinski definition) is 1. The van der Waals surface area contributed by atoms with Gasteiger partial charge in [-0.25, -0.2) is 4.98 Å². The number of alkyl halides is 1. The van der Waals surface area contributed by atoms with Crippen LogP contribution in [0, 0.1) is 5.92 Å². The highest BCUT2D eigenvalue weighted by Gasteiger charge is 2.14. The molecule has 4 heteroatoms. The lowest BCUT2D eigenvalue weighted by Gasteiger charge is -2.22. The monoisotopic (exact) mass is 252 g/mol. The van der Waals surface area contributed by atoms with Gasteiger partial charge in [-0.3, -0.25) is 0 Å². The lowest BCUT2D eigenvalue weighted by Crippen LogP contribution is -2.26. The molecule has 0 saturated heterocycles. The SMILES string of the molecule is CC(C)C(CCCl)Nc1nccc2occc12. The Morgan fingerprint density at radius 3 is 2.94 bits per heavy atom. The molecule has 0 radical (unpaired) electrons. The summed E-state index contributed by atoms with van der Waals surface area (Å²) in [7, 11) is 0. The molecule has 2 aromatic rings. The second kappa shape index (κ2) is 5.41. The van der Waals surface area contributed by atoms with E-state index in [0.29, 0.717) is 17.8 Å². The fourth-order valence-electron chi connectivity index (χ4n) is 1.88. The summed E-state index contributed by atoms with van der Waals surface area (Å²) < 4.78 is 5.35. The Hall–Kier alpha value is -1.22. The maximum Gasteiger partial charge on any atom is 0.139 e. The summed E-state index contributed by atoms with van der Waals surface area (Å²) in [6.45, 7) is 4.36. The van der Waals surface area contributed by atoms with Crippen LogP contribution in [0.4, 0.5) is 5.82 Å². The van der Waals surface area contributed by atoms with Crippen LogP contribution in [-0.2, 0) is 0 Å². The van der Waals surface area contributed by atoms with Crippen LogP contribution in [0.15, 0.2) is 29.0 Å². The van der Waals surface area contributed by atoms with Crippen molar-refractivity contribution in [2.45, 2.75) is 26.3 Å². The van der Waals surface area contributed by atoms with Crippen LogP contribution in [0.3, 0.4) is 0 Å². The van der Waals surface area contributed by atoms with Crippen molar-refractivity contribution in [3.63, 3.8) is 0 Å². The van der Waals surface area contributed by atoms with Gasteiger partial charge in [-0.05, 0) is 24.5 Å². The molecular formula is C13H17ClN2O. The predicted octanol–water partition coefficient (Wildman–Crippen LogP) is 3.89. The van der Waals surface area contributed by atoms with Crippen molar-refractivity contribution < 1.29 is 4.42 Å². The third-order valence-corrected chi connectivity index (χ3v) is 3.15. The van der Waals surface area contributed by atoms with Crippen LogP contribution in [0.2, 0.25) is 0 Å². The molecule has 2 heterocycles. The normalized spacial score (nSPS) is 13.2. The number of nitrogens with one attached hydrogen (secondary N) is 1. The molecule has 2 aromatic heterocycles. The van der Waals surface area contributed by atoms with Gasteiger partial charge in [0.25, 0.3) is 0 Å². The molecule has 0 aromatic carbocycles. The number of pyridine rings is 1. The number of nitrogens with zero attached hydrogens (tertiary/aromatic N) is 1. The minimum absolute atomic E-state index is 0.334.